The largest absolute Gasteiger partial charge is 0.335 e. The van der Waals surface area contributed by atoms with Crippen LogP contribution in [0.2, 0.25) is 0 Å². The van der Waals surface area contributed by atoms with Crippen molar-refractivity contribution >= 4 is 45.4 Å². The van der Waals surface area contributed by atoms with E-state index in [-0.39, 0.29) is 30.8 Å². The Labute approximate surface area is 222 Å². The summed E-state index contributed by atoms with van der Waals surface area (Å²) in [6.07, 6.45) is 9.77. The molecule has 0 aromatic heterocycles. The van der Waals surface area contributed by atoms with Gasteiger partial charge in [0.05, 0.1) is 16.5 Å². The van der Waals surface area contributed by atoms with Crippen molar-refractivity contribution in [3.8, 4) is 0 Å². The number of unbranched alkanes of at least 4 members (excludes halogenated alkanes) is 2. The van der Waals surface area contributed by atoms with Gasteiger partial charge in [0.1, 0.15) is 5.57 Å². The molecule has 2 aliphatic rings. The van der Waals surface area contributed by atoms with Crippen LogP contribution in [0.3, 0.4) is 0 Å². The van der Waals surface area contributed by atoms with Gasteiger partial charge in [0.25, 0.3) is 21.9 Å². The number of nitrogens with zero attached hydrogens (tertiary/aromatic N) is 3. The minimum Gasteiger partial charge on any atom is -0.335 e. The molecule has 0 bridgehead atoms. The fourth-order valence-corrected chi connectivity index (χ4v) is 5.57. The lowest BCUT2D eigenvalue weighted by Gasteiger charge is -2.33. The molecule has 0 atom stereocenters. The van der Waals surface area contributed by atoms with Gasteiger partial charge in [0.2, 0.25) is 0 Å². The molecule has 1 aromatic carbocycles. The molecule has 1 aromatic rings. The number of imide groups is 2. The Kier molecular flexibility index (Phi) is 10.1. The number of para-hydroxylation sites is 1. The summed E-state index contributed by atoms with van der Waals surface area (Å²) in [6.45, 7) is 4.86. The number of fused-ring (bicyclic) bond motifs is 1. The summed E-state index contributed by atoms with van der Waals surface area (Å²) < 4.78 is 31.4. The maximum atomic E-state index is 13.0. The number of benzene rings is 1. The molecule has 0 aliphatic carbocycles. The van der Waals surface area contributed by atoms with E-state index in [0.717, 1.165) is 38.3 Å². The third-order valence-electron chi connectivity index (χ3n) is 5.92. The Hall–Kier alpha value is -2.89. The lowest BCUT2D eigenvalue weighted by atomic mass is 10.1. The van der Waals surface area contributed by atoms with Crippen LogP contribution in [-0.2, 0) is 19.7 Å². The van der Waals surface area contributed by atoms with Gasteiger partial charge in [-0.05, 0) is 43.5 Å². The Bertz CT molecular complexity index is 1190. The fraction of sp³-hybridized carbons (Fsp3) is 0.423. The van der Waals surface area contributed by atoms with E-state index < -0.39 is 28.0 Å². The van der Waals surface area contributed by atoms with E-state index in [2.05, 4.69) is 0 Å². The number of rotatable bonds is 12. The quantitative estimate of drug-likeness (QED) is 0.230. The van der Waals surface area contributed by atoms with E-state index in [9.17, 15) is 22.8 Å². The highest BCUT2D eigenvalue weighted by molar-refractivity contribution is 8.03. The smallest absolute Gasteiger partial charge is 0.333 e. The zero-order valence-corrected chi connectivity index (χ0v) is 22.8. The summed E-state index contributed by atoms with van der Waals surface area (Å²) in [5, 5.41) is 0.844. The summed E-state index contributed by atoms with van der Waals surface area (Å²) in [5.41, 5.74) is 0.893. The Morgan fingerprint density at radius 2 is 1.41 bits per heavy atom. The highest BCUT2D eigenvalue weighted by atomic mass is 32.2. The van der Waals surface area contributed by atoms with Gasteiger partial charge in [0, 0.05) is 24.5 Å². The molecule has 2 aliphatic heterocycles. The molecular formula is C26H33N3O6S2. The molecule has 0 spiro atoms. The molecule has 37 heavy (non-hydrogen) atoms. The number of hydrogen-bond acceptors (Lipinski definition) is 7. The van der Waals surface area contributed by atoms with E-state index in [4.69, 9.17) is 4.55 Å². The van der Waals surface area contributed by atoms with Gasteiger partial charge in [-0.2, -0.15) is 8.42 Å². The number of anilines is 1. The third-order valence-corrected chi connectivity index (χ3v) is 7.85. The van der Waals surface area contributed by atoms with Crippen LogP contribution in [0.1, 0.15) is 46.0 Å². The second-order valence-corrected chi connectivity index (χ2v) is 11.4. The minimum atomic E-state index is -4.05. The average molecular weight is 548 g/mol. The van der Waals surface area contributed by atoms with E-state index in [1.807, 2.05) is 49.1 Å². The van der Waals surface area contributed by atoms with Crippen molar-refractivity contribution in [2.24, 2.45) is 0 Å². The van der Waals surface area contributed by atoms with E-state index in [1.165, 1.54) is 17.8 Å². The molecule has 3 rings (SSSR count). The maximum Gasteiger partial charge on any atom is 0.333 e. The number of barbiturate groups is 1. The monoisotopic (exact) mass is 547 g/mol. The normalized spacial score (nSPS) is 17.5. The first kappa shape index (κ1) is 28.7. The molecular weight excluding hydrogens is 514 g/mol. The molecule has 1 fully saturated rings. The van der Waals surface area contributed by atoms with Crippen molar-refractivity contribution in [1.29, 1.82) is 0 Å². The van der Waals surface area contributed by atoms with Gasteiger partial charge in [-0.25, -0.2) is 4.79 Å². The molecule has 2 heterocycles. The van der Waals surface area contributed by atoms with Crippen LogP contribution in [0.15, 0.2) is 64.1 Å². The van der Waals surface area contributed by atoms with Crippen LogP contribution in [0.4, 0.5) is 10.5 Å². The number of carbonyl (C=O) groups excluding carboxylic acids is 3. The first-order valence-electron chi connectivity index (χ1n) is 12.4. The topological polar surface area (TPSA) is 115 Å². The zero-order chi connectivity index (χ0) is 27.0. The van der Waals surface area contributed by atoms with Crippen LogP contribution in [0.5, 0.6) is 0 Å². The lowest BCUT2D eigenvalue weighted by Crippen LogP contribution is -2.56. The molecule has 0 saturated carbocycles. The summed E-state index contributed by atoms with van der Waals surface area (Å²) in [7, 11) is -4.05. The van der Waals surface area contributed by atoms with E-state index in [1.54, 1.807) is 12.2 Å². The van der Waals surface area contributed by atoms with Crippen molar-refractivity contribution in [3.63, 3.8) is 0 Å². The summed E-state index contributed by atoms with van der Waals surface area (Å²) in [4.78, 5) is 44.0. The Morgan fingerprint density at radius 3 is 2.00 bits per heavy atom. The van der Waals surface area contributed by atoms with Crippen molar-refractivity contribution in [2.75, 3.05) is 30.3 Å². The van der Waals surface area contributed by atoms with Crippen molar-refractivity contribution in [2.45, 2.75) is 50.8 Å². The number of allylic oxidation sites excluding steroid dienone is 4. The molecule has 0 radical (unpaired) electrons. The first-order valence-corrected chi connectivity index (χ1v) is 14.9. The predicted octanol–water partition coefficient (Wildman–Crippen LogP) is 4.59. The minimum absolute atomic E-state index is 0.0474. The molecule has 11 heteroatoms. The van der Waals surface area contributed by atoms with Crippen LogP contribution >= 0.6 is 11.8 Å². The fourth-order valence-electron chi connectivity index (χ4n) is 3.97. The summed E-state index contributed by atoms with van der Waals surface area (Å²) in [5.74, 6) is -1.50. The highest BCUT2D eigenvalue weighted by Crippen LogP contribution is 2.45. The summed E-state index contributed by atoms with van der Waals surface area (Å²) in [6, 6.07) is 7.17. The lowest BCUT2D eigenvalue weighted by molar-refractivity contribution is -0.136. The van der Waals surface area contributed by atoms with Gasteiger partial charge in [0.15, 0.2) is 0 Å². The van der Waals surface area contributed by atoms with Gasteiger partial charge in [-0.15, -0.1) is 0 Å². The number of urea groups is 1. The Balaban J connectivity index is 1.81. The second-order valence-electron chi connectivity index (χ2n) is 8.73. The molecule has 1 saturated heterocycles. The van der Waals surface area contributed by atoms with E-state index >= 15 is 0 Å². The number of amides is 4. The summed E-state index contributed by atoms with van der Waals surface area (Å²) >= 11 is 1.52. The Morgan fingerprint density at radius 1 is 0.838 bits per heavy atom. The van der Waals surface area contributed by atoms with Crippen LogP contribution < -0.4 is 4.90 Å². The number of thioether (sulfide) groups is 1. The maximum absolute atomic E-state index is 13.0. The SMILES string of the molecule is CCCCN1C(=O)C(=C/C=C/C=C2\Sc3ccccc3N2CCCS(=O)(=O)O)C(=O)N(CCCC)C1=O. The highest BCUT2D eigenvalue weighted by Gasteiger charge is 2.40. The molecule has 200 valence electrons. The van der Waals surface area contributed by atoms with Gasteiger partial charge < -0.3 is 4.90 Å². The predicted molar refractivity (Wildman–Crippen MR) is 145 cm³/mol. The van der Waals surface area contributed by atoms with Gasteiger partial charge >= 0.3 is 6.03 Å². The van der Waals surface area contributed by atoms with Crippen molar-refractivity contribution < 1.29 is 27.4 Å². The van der Waals surface area contributed by atoms with Crippen molar-refractivity contribution in [1.82, 2.24) is 9.80 Å². The first-order chi connectivity index (χ1) is 17.7. The zero-order valence-electron chi connectivity index (χ0n) is 21.1. The van der Waals surface area contributed by atoms with Gasteiger partial charge in [-0.1, -0.05) is 62.7 Å². The molecule has 4 amide bonds. The van der Waals surface area contributed by atoms with Crippen LogP contribution in [-0.4, -0.2) is 66.0 Å². The molecule has 9 nitrogen and oxygen atoms in total. The van der Waals surface area contributed by atoms with Crippen molar-refractivity contribution in [3.05, 3.63) is 59.2 Å². The number of hydrogen-bond donors (Lipinski definition) is 1. The average Bonchev–Trinajstić information content (AvgIpc) is 3.20. The van der Waals surface area contributed by atoms with E-state index in [0.29, 0.717) is 19.4 Å². The molecule has 1 N–H and O–H groups in total. The molecule has 0 unspecified atom stereocenters. The number of carbonyl (C=O) groups is 3. The third kappa shape index (κ3) is 7.33. The van der Waals surface area contributed by atoms with Crippen LogP contribution in [0.25, 0.3) is 0 Å². The second kappa shape index (κ2) is 13.1. The van der Waals surface area contributed by atoms with Crippen LogP contribution in [0, 0.1) is 0 Å². The van der Waals surface area contributed by atoms with Gasteiger partial charge in [-0.3, -0.25) is 23.9 Å². The standard InChI is InChI=1S/C26H33N3O6S2/c1-3-5-16-28-24(30)20(25(31)29(26(28)32)17-6-4-2)12-7-10-15-23-27(18-11-19-37(33,34)35)21-13-8-9-14-22(21)36-23/h7-10,12-15H,3-6,11,16-19H2,1-2H3,(H,33,34,35)/b10-7+,23-15-.